The third kappa shape index (κ3) is 2.84. The summed E-state index contributed by atoms with van der Waals surface area (Å²) in [7, 11) is 1.61. The molecule has 5 nitrogen and oxygen atoms in total. The first-order valence-electron chi connectivity index (χ1n) is 5.05. The molecular weight excluding hydrogens is 196 g/mol. The number of amides is 2. The molecule has 0 aromatic heterocycles. The molecule has 1 rings (SSSR count). The van der Waals surface area contributed by atoms with E-state index in [0.717, 1.165) is 12.8 Å². The van der Waals surface area contributed by atoms with Gasteiger partial charge in [-0.1, -0.05) is 0 Å². The largest absolute Gasteiger partial charge is 0.465 e. The number of nitrogens with one attached hydrogen (secondary N) is 2. The van der Waals surface area contributed by atoms with Crippen molar-refractivity contribution in [3.05, 3.63) is 0 Å². The zero-order chi connectivity index (χ0) is 11.7. The Bertz CT molecular complexity index is 282. The smallest absolute Gasteiger partial charge is 0.405 e. The van der Waals surface area contributed by atoms with Crippen LogP contribution in [0.15, 0.2) is 0 Å². The quantitative estimate of drug-likeness (QED) is 0.652. The molecule has 1 fully saturated rings. The Morgan fingerprint density at radius 1 is 1.40 bits per heavy atom. The van der Waals surface area contributed by atoms with Crippen LogP contribution in [0.25, 0.3) is 0 Å². The van der Waals surface area contributed by atoms with Gasteiger partial charge < -0.3 is 15.7 Å². The summed E-state index contributed by atoms with van der Waals surface area (Å²) in [5.74, 6) is 0.0164. The maximum atomic E-state index is 11.6. The Labute approximate surface area is 89.2 Å². The molecule has 0 aromatic rings. The number of hydrogen-bond acceptors (Lipinski definition) is 2. The van der Waals surface area contributed by atoms with Crippen molar-refractivity contribution in [2.75, 3.05) is 7.05 Å². The third-order valence-electron chi connectivity index (χ3n) is 2.79. The van der Waals surface area contributed by atoms with Gasteiger partial charge >= 0.3 is 6.09 Å². The van der Waals surface area contributed by atoms with E-state index in [9.17, 15) is 9.59 Å². The van der Waals surface area contributed by atoms with Crippen molar-refractivity contribution in [3.63, 3.8) is 0 Å². The van der Waals surface area contributed by atoms with Crippen LogP contribution >= 0.6 is 0 Å². The molecule has 0 saturated heterocycles. The first-order valence-corrected chi connectivity index (χ1v) is 5.05. The fraction of sp³-hybridized carbons (Fsp3) is 0.800. The Morgan fingerprint density at radius 2 is 1.93 bits per heavy atom. The van der Waals surface area contributed by atoms with Crippen molar-refractivity contribution < 1.29 is 14.7 Å². The minimum absolute atomic E-state index is 0.0164. The summed E-state index contributed by atoms with van der Waals surface area (Å²) >= 11 is 0. The van der Waals surface area contributed by atoms with Crippen LogP contribution in [-0.4, -0.2) is 29.7 Å². The standard InChI is InChI=1S/C10H18N2O3/c1-9(2,12-8(14)15)6-10(4-5-10)7(13)11-3/h12H,4-6H2,1-3H3,(H,11,13)(H,14,15). The van der Waals surface area contributed by atoms with Gasteiger partial charge in [-0.05, 0) is 33.1 Å². The van der Waals surface area contributed by atoms with E-state index in [1.54, 1.807) is 20.9 Å². The van der Waals surface area contributed by atoms with Crippen molar-refractivity contribution >= 4 is 12.0 Å². The van der Waals surface area contributed by atoms with Crippen LogP contribution in [0.2, 0.25) is 0 Å². The van der Waals surface area contributed by atoms with Gasteiger partial charge in [0.25, 0.3) is 0 Å². The van der Waals surface area contributed by atoms with Gasteiger partial charge in [-0.2, -0.15) is 0 Å². The van der Waals surface area contributed by atoms with Crippen molar-refractivity contribution in [1.29, 1.82) is 0 Å². The predicted molar refractivity (Wildman–Crippen MR) is 55.6 cm³/mol. The summed E-state index contributed by atoms with van der Waals surface area (Å²) in [6.45, 7) is 3.59. The Balaban J connectivity index is 2.61. The van der Waals surface area contributed by atoms with Crippen LogP contribution in [0.1, 0.15) is 33.1 Å². The maximum Gasteiger partial charge on any atom is 0.405 e. The molecule has 15 heavy (non-hydrogen) atoms. The SMILES string of the molecule is CNC(=O)C1(CC(C)(C)NC(=O)O)CC1. The Hall–Kier alpha value is -1.26. The summed E-state index contributed by atoms with van der Waals surface area (Å²) in [4.78, 5) is 22.1. The van der Waals surface area contributed by atoms with E-state index < -0.39 is 11.6 Å². The van der Waals surface area contributed by atoms with E-state index in [1.807, 2.05) is 0 Å². The first-order chi connectivity index (χ1) is 6.81. The predicted octanol–water partition coefficient (Wildman–Crippen LogP) is 0.949. The molecule has 0 aromatic carbocycles. The minimum Gasteiger partial charge on any atom is -0.465 e. The highest BCUT2D eigenvalue weighted by molar-refractivity contribution is 5.85. The zero-order valence-corrected chi connectivity index (χ0v) is 9.39. The first kappa shape index (κ1) is 11.8. The van der Waals surface area contributed by atoms with Crippen molar-refractivity contribution in [3.8, 4) is 0 Å². The van der Waals surface area contributed by atoms with Crippen molar-refractivity contribution in [2.45, 2.75) is 38.6 Å². The average Bonchev–Trinajstić information content (AvgIpc) is 2.80. The highest BCUT2D eigenvalue weighted by atomic mass is 16.4. The van der Waals surface area contributed by atoms with E-state index in [0.29, 0.717) is 6.42 Å². The van der Waals surface area contributed by atoms with Gasteiger partial charge in [0.2, 0.25) is 5.91 Å². The molecule has 3 N–H and O–H groups in total. The monoisotopic (exact) mass is 214 g/mol. The highest BCUT2D eigenvalue weighted by Gasteiger charge is 2.52. The molecule has 1 aliphatic rings. The second kappa shape index (κ2) is 3.72. The number of hydrogen-bond donors (Lipinski definition) is 3. The summed E-state index contributed by atoms with van der Waals surface area (Å²) in [5.41, 5.74) is -0.907. The van der Waals surface area contributed by atoms with Crippen LogP contribution in [0.5, 0.6) is 0 Å². The molecule has 5 heteroatoms. The Morgan fingerprint density at radius 3 is 2.27 bits per heavy atom. The van der Waals surface area contributed by atoms with Gasteiger partial charge in [0, 0.05) is 12.6 Å². The van der Waals surface area contributed by atoms with Crippen molar-refractivity contribution in [2.24, 2.45) is 5.41 Å². The van der Waals surface area contributed by atoms with Gasteiger partial charge in [0.05, 0.1) is 5.41 Å². The van der Waals surface area contributed by atoms with Crippen molar-refractivity contribution in [1.82, 2.24) is 10.6 Å². The molecule has 1 saturated carbocycles. The lowest BCUT2D eigenvalue weighted by atomic mass is 9.87. The molecular formula is C10H18N2O3. The lowest BCUT2D eigenvalue weighted by molar-refractivity contribution is -0.126. The van der Waals surface area contributed by atoms with Crippen LogP contribution in [0.3, 0.4) is 0 Å². The summed E-state index contributed by atoms with van der Waals surface area (Å²) in [5, 5.41) is 13.7. The second-order valence-electron chi connectivity index (χ2n) is 4.85. The molecule has 0 bridgehead atoms. The molecule has 0 unspecified atom stereocenters. The number of rotatable bonds is 4. The number of carbonyl (C=O) groups excluding carboxylic acids is 1. The van der Waals surface area contributed by atoms with E-state index in [1.165, 1.54) is 0 Å². The minimum atomic E-state index is -1.05. The third-order valence-corrected chi connectivity index (χ3v) is 2.79. The van der Waals surface area contributed by atoms with Crippen LogP contribution in [0, 0.1) is 5.41 Å². The molecule has 0 spiro atoms. The molecule has 1 aliphatic carbocycles. The van der Waals surface area contributed by atoms with E-state index in [-0.39, 0.29) is 11.3 Å². The maximum absolute atomic E-state index is 11.6. The fourth-order valence-electron chi connectivity index (χ4n) is 2.08. The van der Waals surface area contributed by atoms with E-state index in [2.05, 4.69) is 10.6 Å². The lowest BCUT2D eigenvalue weighted by Crippen LogP contribution is -2.46. The molecule has 0 atom stereocenters. The average molecular weight is 214 g/mol. The van der Waals surface area contributed by atoms with Gasteiger partial charge in [0.15, 0.2) is 0 Å². The summed E-state index contributed by atoms with van der Waals surface area (Å²) < 4.78 is 0. The van der Waals surface area contributed by atoms with Gasteiger partial charge in [0.1, 0.15) is 0 Å². The van der Waals surface area contributed by atoms with Gasteiger partial charge in [-0.15, -0.1) is 0 Å². The van der Waals surface area contributed by atoms with Crippen LogP contribution in [0.4, 0.5) is 4.79 Å². The zero-order valence-electron chi connectivity index (χ0n) is 9.39. The van der Waals surface area contributed by atoms with Gasteiger partial charge in [-0.3, -0.25) is 4.79 Å². The topological polar surface area (TPSA) is 78.4 Å². The van der Waals surface area contributed by atoms with E-state index in [4.69, 9.17) is 5.11 Å². The molecule has 0 radical (unpaired) electrons. The van der Waals surface area contributed by atoms with Gasteiger partial charge in [-0.25, -0.2) is 4.79 Å². The molecule has 86 valence electrons. The molecule has 2 amide bonds. The molecule has 0 aliphatic heterocycles. The van der Waals surface area contributed by atoms with Crippen LogP contribution < -0.4 is 10.6 Å². The normalized spacial score (nSPS) is 18.1. The van der Waals surface area contributed by atoms with Crippen LogP contribution in [-0.2, 0) is 4.79 Å². The number of carbonyl (C=O) groups is 2. The highest BCUT2D eigenvalue weighted by Crippen LogP contribution is 2.51. The lowest BCUT2D eigenvalue weighted by Gasteiger charge is -2.28. The second-order valence-corrected chi connectivity index (χ2v) is 4.85. The van der Waals surface area contributed by atoms with E-state index >= 15 is 0 Å². The summed E-state index contributed by atoms with van der Waals surface area (Å²) in [6, 6.07) is 0. The Kier molecular flexibility index (Phi) is 2.93. The fourth-order valence-corrected chi connectivity index (χ4v) is 2.08. The summed E-state index contributed by atoms with van der Waals surface area (Å²) in [6.07, 6.45) is 1.19. The number of carboxylic acid groups (broad SMARTS) is 1. The molecule has 0 heterocycles.